The van der Waals surface area contributed by atoms with Crippen LogP contribution in [0.15, 0.2) is 24.3 Å². The van der Waals surface area contributed by atoms with Crippen molar-refractivity contribution in [3.05, 3.63) is 35.4 Å². The molecule has 0 saturated carbocycles. The monoisotopic (exact) mass is 345 g/mol. The summed E-state index contributed by atoms with van der Waals surface area (Å²) < 4.78 is 0. The van der Waals surface area contributed by atoms with Crippen LogP contribution in [0.4, 0.5) is 0 Å². The standard InChI is InChI=1S/C20H31N3O2/c1-14(21)17-6-5-11-23(13-17)18(24)16-9-7-15(8-10-16)12-22-19(25)20(2,3)4/h7-10,14,17H,5-6,11-13,21H2,1-4H3,(H,22,25). The Kier molecular flexibility index (Phi) is 6.22. The van der Waals surface area contributed by atoms with Gasteiger partial charge in [-0.25, -0.2) is 0 Å². The zero-order valence-electron chi connectivity index (χ0n) is 15.8. The molecule has 1 aliphatic heterocycles. The summed E-state index contributed by atoms with van der Waals surface area (Å²) in [4.78, 5) is 26.5. The lowest BCUT2D eigenvalue weighted by Gasteiger charge is -2.34. The van der Waals surface area contributed by atoms with Gasteiger partial charge < -0.3 is 16.0 Å². The second-order valence-electron chi connectivity index (χ2n) is 8.14. The molecule has 2 rings (SSSR count). The Morgan fingerprint density at radius 2 is 1.92 bits per heavy atom. The summed E-state index contributed by atoms with van der Waals surface area (Å²) >= 11 is 0. The van der Waals surface area contributed by atoms with Crippen LogP contribution >= 0.6 is 0 Å². The lowest BCUT2D eigenvalue weighted by atomic mass is 9.92. The van der Waals surface area contributed by atoms with Crippen LogP contribution in [0.3, 0.4) is 0 Å². The minimum Gasteiger partial charge on any atom is -0.352 e. The average Bonchev–Trinajstić information content (AvgIpc) is 2.58. The maximum atomic E-state index is 12.7. The van der Waals surface area contributed by atoms with Crippen molar-refractivity contribution in [1.29, 1.82) is 0 Å². The molecule has 1 aromatic rings. The molecule has 1 aliphatic rings. The molecule has 5 nitrogen and oxygen atoms in total. The van der Waals surface area contributed by atoms with E-state index in [1.165, 1.54) is 0 Å². The van der Waals surface area contributed by atoms with E-state index in [1.807, 2.05) is 56.9 Å². The number of nitrogens with zero attached hydrogens (tertiary/aromatic N) is 1. The highest BCUT2D eigenvalue weighted by molar-refractivity contribution is 5.94. The number of carbonyl (C=O) groups excluding carboxylic acids is 2. The van der Waals surface area contributed by atoms with Crippen molar-refractivity contribution in [2.45, 2.75) is 53.1 Å². The Labute approximate surface area is 151 Å². The molecule has 0 aliphatic carbocycles. The van der Waals surface area contributed by atoms with E-state index in [4.69, 9.17) is 5.73 Å². The van der Waals surface area contributed by atoms with Crippen LogP contribution in [0.1, 0.15) is 56.5 Å². The molecule has 5 heteroatoms. The second kappa shape index (κ2) is 8.00. The predicted octanol–water partition coefficient (Wildman–Crippen LogP) is 2.55. The highest BCUT2D eigenvalue weighted by Crippen LogP contribution is 2.21. The van der Waals surface area contributed by atoms with Crippen LogP contribution in [-0.2, 0) is 11.3 Å². The number of amides is 2. The van der Waals surface area contributed by atoms with Crippen molar-refractivity contribution in [2.24, 2.45) is 17.1 Å². The lowest BCUT2D eigenvalue weighted by molar-refractivity contribution is -0.128. The van der Waals surface area contributed by atoms with E-state index in [-0.39, 0.29) is 17.9 Å². The van der Waals surface area contributed by atoms with Gasteiger partial charge >= 0.3 is 0 Å². The number of piperidine rings is 1. The molecule has 2 atom stereocenters. The van der Waals surface area contributed by atoms with Crippen molar-refractivity contribution in [3.8, 4) is 0 Å². The fraction of sp³-hybridized carbons (Fsp3) is 0.600. The van der Waals surface area contributed by atoms with E-state index in [9.17, 15) is 9.59 Å². The molecule has 2 unspecified atom stereocenters. The third-order valence-electron chi connectivity index (χ3n) is 4.82. The smallest absolute Gasteiger partial charge is 0.253 e. The van der Waals surface area contributed by atoms with E-state index in [1.54, 1.807) is 0 Å². The first kappa shape index (κ1) is 19.4. The van der Waals surface area contributed by atoms with Crippen molar-refractivity contribution in [1.82, 2.24) is 10.2 Å². The van der Waals surface area contributed by atoms with Crippen molar-refractivity contribution in [3.63, 3.8) is 0 Å². The van der Waals surface area contributed by atoms with Crippen LogP contribution < -0.4 is 11.1 Å². The van der Waals surface area contributed by atoms with Gasteiger partial charge in [0.2, 0.25) is 5.91 Å². The maximum Gasteiger partial charge on any atom is 0.253 e. The highest BCUT2D eigenvalue weighted by Gasteiger charge is 2.26. The summed E-state index contributed by atoms with van der Waals surface area (Å²) in [6.45, 7) is 9.68. The van der Waals surface area contributed by atoms with Gasteiger partial charge in [-0.2, -0.15) is 0 Å². The van der Waals surface area contributed by atoms with Gasteiger partial charge in [0.05, 0.1) is 0 Å². The first-order valence-electron chi connectivity index (χ1n) is 9.10. The van der Waals surface area contributed by atoms with Crippen LogP contribution in [0, 0.1) is 11.3 Å². The third-order valence-corrected chi connectivity index (χ3v) is 4.82. The number of carbonyl (C=O) groups is 2. The lowest BCUT2D eigenvalue weighted by Crippen LogP contribution is -2.45. The van der Waals surface area contributed by atoms with Crippen molar-refractivity contribution in [2.75, 3.05) is 13.1 Å². The number of rotatable bonds is 4. The molecular formula is C20H31N3O2. The Morgan fingerprint density at radius 1 is 1.28 bits per heavy atom. The molecule has 25 heavy (non-hydrogen) atoms. The maximum absolute atomic E-state index is 12.7. The topological polar surface area (TPSA) is 75.4 Å². The van der Waals surface area contributed by atoms with Crippen LogP contribution in [0.5, 0.6) is 0 Å². The number of benzene rings is 1. The Morgan fingerprint density at radius 3 is 2.48 bits per heavy atom. The van der Waals surface area contributed by atoms with Gasteiger partial charge in [-0.15, -0.1) is 0 Å². The molecule has 0 spiro atoms. The first-order chi connectivity index (χ1) is 11.7. The quantitative estimate of drug-likeness (QED) is 0.880. The van der Waals surface area contributed by atoms with Crippen molar-refractivity contribution < 1.29 is 9.59 Å². The summed E-state index contributed by atoms with van der Waals surface area (Å²) in [5.41, 5.74) is 7.28. The van der Waals surface area contributed by atoms with Gasteiger partial charge in [0.1, 0.15) is 0 Å². The molecule has 1 fully saturated rings. The summed E-state index contributed by atoms with van der Waals surface area (Å²) in [5, 5.41) is 2.92. The van der Waals surface area contributed by atoms with E-state index < -0.39 is 5.41 Å². The zero-order valence-corrected chi connectivity index (χ0v) is 15.8. The Bertz CT molecular complexity index is 602. The van der Waals surface area contributed by atoms with E-state index in [0.717, 1.165) is 31.5 Å². The van der Waals surface area contributed by atoms with Gasteiger partial charge in [0.25, 0.3) is 5.91 Å². The molecular weight excluding hydrogens is 314 g/mol. The molecule has 0 radical (unpaired) electrons. The fourth-order valence-corrected chi connectivity index (χ4v) is 3.02. The highest BCUT2D eigenvalue weighted by atomic mass is 16.2. The van der Waals surface area contributed by atoms with Gasteiger partial charge in [0.15, 0.2) is 0 Å². The number of hydrogen-bond acceptors (Lipinski definition) is 3. The van der Waals surface area contributed by atoms with Crippen LogP contribution in [0.2, 0.25) is 0 Å². The summed E-state index contributed by atoms with van der Waals surface area (Å²) in [7, 11) is 0. The van der Waals surface area contributed by atoms with Crippen LogP contribution in [0.25, 0.3) is 0 Å². The zero-order chi connectivity index (χ0) is 18.6. The SMILES string of the molecule is CC(N)C1CCCN(C(=O)c2ccc(CNC(=O)C(C)(C)C)cc2)C1. The Hall–Kier alpha value is -1.88. The summed E-state index contributed by atoms with van der Waals surface area (Å²) in [6, 6.07) is 7.61. The predicted molar refractivity (Wildman–Crippen MR) is 100 cm³/mol. The molecule has 3 N–H and O–H groups in total. The molecule has 2 amide bonds. The van der Waals surface area contributed by atoms with Gasteiger partial charge in [-0.05, 0) is 43.4 Å². The molecule has 1 saturated heterocycles. The Balaban J connectivity index is 1.95. The minimum atomic E-state index is -0.402. The molecule has 1 heterocycles. The van der Waals surface area contributed by atoms with Gasteiger partial charge in [0, 0.05) is 36.7 Å². The summed E-state index contributed by atoms with van der Waals surface area (Å²) in [5.74, 6) is 0.461. The minimum absolute atomic E-state index is 0.0166. The number of hydrogen-bond donors (Lipinski definition) is 2. The molecule has 0 bridgehead atoms. The van der Waals surface area contributed by atoms with E-state index >= 15 is 0 Å². The van der Waals surface area contributed by atoms with Gasteiger partial charge in [-0.1, -0.05) is 32.9 Å². The van der Waals surface area contributed by atoms with E-state index in [0.29, 0.717) is 18.0 Å². The first-order valence-corrected chi connectivity index (χ1v) is 9.10. The molecule has 0 aromatic heterocycles. The fourth-order valence-electron chi connectivity index (χ4n) is 3.02. The summed E-state index contributed by atoms with van der Waals surface area (Å²) in [6.07, 6.45) is 2.10. The van der Waals surface area contributed by atoms with E-state index in [2.05, 4.69) is 5.32 Å². The number of likely N-dealkylation sites (tertiary alicyclic amines) is 1. The number of nitrogens with two attached hydrogens (primary N) is 1. The van der Waals surface area contributed by atoms with Gasteiger partial charge in [-0.3, -0.25) is 9.59 Å². The van der Waals surface area contributed by atoms with Crippen LogP contribution in [-0.4, -0.2) is 35.8 Å². The van der Waals surface area contributed by atoms with Crippen molar-refractivity contribution >= 4 is 11.8 Å². The number of nitrogens with one attached hydrogen (secondary N) is 1. The largest absolute Gasteiger partial charge is 0.352 e. The molecule has 1 aromatic carbocycles. The normalized spacial score (nSPS) is 19.4. The molecule has 138 valence electrons. The third kappa shape index (κ3) is 5.30. The second-order valence-corrected chi connectivity index (χ2v) is 8.14. The average molecular weight is 345 g/mol.